The molecular weight excluding hydrogens is 446 g/mol. The number of β-amino-alcohol motifs (C(OH)–C–C–N with tert-alkyl or cyclic N) is 2. The predicted octanol–water partition coefficient (Wildman–Crippen LogP) is 2.45. The molecule has 1 atom stereocenters. The zero-order valence-corrected chi connectivity index (χ0v) is 19.4. The number of rotatable bonds is 7. The van der Waals surface area contributed by atoms with Crippen LogP contribution in [0.3, 0.4) is 0 Å². The van der Waals surface area contributed by atoms with E-state index in [1.54, 1.807) is 7.11 Å². The second-order valence-corrected chi connectivity index (χ2v) is 9.29. The molecule has 2 heterocycles. The molecule has 0 bridgehead atoms. The summed E-state index contributed by atoms with van der Waals surface area (Å²) in [4.78, 5) is 4.20. The van der Waals surface area contributed by atoms with Gasteiger partial charge in [0.2, 0.25) is 0 Å². The van der Waals surface area contributed by atoms with Gasteiger partial charge < -0.3 is 29.3 Å². The molecule has 2 aromatic carbocycles. The zero-order chi connectivity index (χ0) is 24.2. The number of benzene rings is 2. The van der Waals surface area contributed by atoms with Crippen LogP contribution in [0.25, 0.3) is 0 Å². The molecule has 0 saturated carbocycles. The van der Waals surface area contributed by atoms with E-state index in [0.717, 1.165) is 29.6 Å². The largest absolute Gasteiger partial charge is 0.497 e. The van der Waals surface area contributed by atoms with Gasteiger partial charge in [-0.1, -0.05) is 6.07 Å². The Balaban J connectivity index is 1.34. The maximum atomic E-state index is 13.4. The Hall–Kier alpha value is -2.46. The lowest BCUT2D eigenvalue weighted by Gasteiger charge is -2.42. The summed E-state index contributed by atoms with van der Waals surface area (Å²) in [5, 5.41) is 22.4. The van der Waals surface area contributed by atoms with E-state index in [4.69, 9.17) is 14.2 Å². The Morgan fingerprint density at radius 2 is 1.71 bits per heavy atom. The highest BCUT2D eigenvalue weighted by molar-refractivity contribution is 5.51. The number of anilines is 1. The van der Waals surface area contributed by atoms with Crippen molar-refractivity contribution in [2.24, 2.45) is 0 Å². The molecule has 0 amide bonds. The Labute approximate surface area is 198 Å². The average molecular weight is 479 g/mol. The van der Waals surface area contributed by atoms with Crippen LogP contribution in [0.2, 0.25) is 0 Å². The van der Waals surface area contributed by atoms with Gasteiger partial charge in [-0.05, 0) is 25.0 Å². The highest BCUT2D eigenvalue weighted by Crippen LogP contribution is 2.30. The van der Waals surface area contributed by atoms with E-state index >= 15 is 0 Å². The minimum absolute atomic E-state index is 0.00487. The van der Waals surface area contributed by atoms with Crippen LogP contribution in [0.5, 0.6) is 11.5 Å². The molecule has 0 aromatic heterocycles. The number of hydrogen-bond donors (Lipinski definition) is 2. The molecule has 2 saturated heterocycles. The molecule has 2 fully saturated rings. The smallest absolute Gasteiger partial charge is 0.134 e. The molecule has 0 unspecified atom stereocenters. The highest BCUT2D eigenvalue weighted by atomic mass is 19.1. The third-order valence-electron chi connectivity index (χ3n) is 6.41. The number of piperidine rings is 1. The number of halogens is 2. The van der Waals surface area contributed by atoms with Crippen molar-refractivity contribution in [3.63, 3.8) is 0 Å². The molecule has 2 aromatic rings. The van der Waals surface area contributed by atoms with Crippen molar-refractivity contribution in [3.8, 4) is 11.5 Å². The normalized spacial score (nSPS) is 23.4. The van der Waals surface area contributed by atoms with Gasteiger partial charge in [-0.15, -0.1) is 0 Å². The van der Waals surface area contributed by atoms with E-state index in [0.29, 0.717) is 45.6 Å². The summed E-state index contributed by atoms with van der Waals surface area (Å²) in [6.07, 6.45) is 1.16. The van der Waals surface area contributed by atoms with Crippen molar-refractivity contribution >= 4 is 5.69 Å². The Bertz CT molecular complexity index is 950. The molecule has 0 aliphatic carbocycles. The fourth-order valence-electron chi connectivity index (χ4n) is 4.61. The van der Waals surface area contributed by atoms with Gasteiger partial charge >= 0.3 is 0 Å². The van der Waals surface area contributed by atoms with Crippen LogP contribution in [-0.2, 0) is 4.74 Å². The summed E-state index contributed by atoms with van der Waals surface area (Å²) < 4.78 is 43.3. The SMILES string of the molecule is COc1cccc(N2CCC(O)(CN3CCOC[C@@](O)(COc4cc(F)cc(F)c4)C3)CC2)c1. The first kappa shape index (κ1) is 24.7. The minimum Gasteiger partial charge on any atom is -0.497 e. The second kappa shape index (κ2) is 10.4. The summed E-state index contributed by atoms with van der Waals surface area (Å²) >= 11 is 0. The quantitative estimate of drug-likeness (QED) is 0.633. The first-order valence-electron chi connectivity index (χ1n) is 11.5. The van der Waals surface area contributed by atoms with Crippen molar-refractivity contribution in [2.75, 3.05) is 64.6 Å². The fraction of sp³-hybridized carbons (Fsp3) is 0.520. The molecule has 4 rings (SSSR count). The predicted molar refractivity (Wildman–Crippen MR) is 123 cm³/mol. The number of methoxy groups -OCH3 is 1. The van der Waals surface area contributed by atoms with Crippen LogP contribution in [0.15, 0.2) is 42.5 Å². The summed E-state index contributed by atoms with van der Waals surface area (Å²) in [5.74, 6) is -0.692. The molecule has 0 radical (unpaired) electrons. The molecule has 9 heteroatoms. The number of ether oxygens (including phenoxy) is 3. The third-order valence-corrected chi connectivity index (χ3v) is 6.41. The molecule has 0 spiro atoms. The van der Waals surface area contributed by atoms with Crippen LogP contribution in [0.4, 0.5) is 14.5 Å². The number of nitrogens with zero attached hydrogens (tertiary/aromatic N) is 2. The third kappa shape index (κ3) is 6.35. The monoisotopic (exact) mass is 478 g/mol. The summed E-state index contributed by atoms with van der Waals surface area (Å²) in [6.45, 7) is 2.81. The standard InChI is InChI=1S/C25H32F2N2O5/c1-32-22-4-2-3-21(14-22)29-7-5-24(30,6-8-29)15-28-9-10-33-17-25(31,16-28)18-34-23-12-19(26)11-20(27)13-23/h2-4,11-14,30-31H,5-10,15-18H2,1H3/t25-/m1/s1. The van der Waals surface area contributed by atoms with Crippen LogP contribution < -0.4 is 14.4 Å². The molecule has 2 aliphatic heterocycles. The van der Waals surface area contributed by atoms with Crippen molar-refractivity contribution in [1.29, 1.82) is 0 Å². The van der Waals surface area contributed by atoms with Crippen molar-refractivity contribution in [1.82, 2.24) is 4.90 Å². The second-order valence-electron chi connectivity index (χ2n) is 9.29. The van der Waals surface area contributed by atoms with Crippen molar-refractivity contribution in [3.05, 3.63) is 54.1 Å². The highest BCUT2D eigenvalue weighted by Gasteiger charge is 2.39. The lowest BCUT2D eigenvalue weighted by molar-refractivity contribution is -0.0743. The van der Waals surface area contributed by atoms with Crippen LogP contribution in [-0.4, -0.2) is 86.0 Å². The first-order valence-corrected chi connectivity index (χ1v) is 11.5. The zero-order valence-electron chi connectivity index (χ0n) is 19.4. The van der Waals surface area contributed by atoms with E-state index < -0.39 is 22.8 Å². The average Bonchev–Trinajstić information content (AvgIpc) is 2.98. The molecule has 34 heavy (non-hydrogen) atoms. The Morgan fingerprint density at radius 3 is 2.41 bits per heavy atom. The van der Waals surface area contributed by atoms with Crippen molar-refractivity contribution in [2.45, 2.75) is 24.0 Å². The number of aliphatic hydroxyl groups is 2. The van der Waals surface area contributed by atoms with E-state index in [1.165, 1.54) is 0 Å². The topological polar surface area (TPSA) is 74.6 Å². The van der Waals surface area contributed by atoms with E-state index in [1.807, 2.05) is 29.2 Å². The van der Waals surface area contributed by atoms with Gasteiger partial charge in [-0.3, -0.25) is 4.90 Å². The summed E-state index contributed by atoms with van der Waals surface area (Å²) in [7, 11) is 1.64. The van der Waals surface area contributed by atoms with Gasteiger partial charge in [0.15, 0.2) is 0 Å². The molecule has 2 aliphatic rings. The fourth-order valence-corrected chi connectivity index (χ4v) is 4.61. The van der Waals surface area contributed by atoms with Crippen LogP contribution in [0.1, 0.15) is 12.8 Å². The van der Waals surface area contributed by atoms with Gasteiger partial charge in [0, 0.05) is 62.7 Å². The lowest BCUT2D eigenvalue weighted by atomic mass is 9.90. The van der Waals surface area contributed by atoms with E-state index in [-0.39, 0.29) is 25.5 Å². The van der Waals surface area contributed by atoms with Gasteiger partial charge in [0.1, 0.15) is 35.3 Å². The van der Waals surface area contributed by atoms with Gasteiger partial charge in [-0.25, -0.2) is 8.78 Å². The number of hydrogen-bond acceptors (Lipinski definition) is 7. The van der Waals surface area contributed by atoms with Gasteiger partial charge in [-0.2, -0.15) is 0 Å². The first-order chi connectivity index (χ1) is 16.3. The van der Waals surface area contributed by atoms with Crippen molar-refractivity contribution < 1.29 is 33.2 Å². The summed E-state index contributed by atoms with van der Waals surface area (Å²) in [6, 6.07) is 10.8. The van der Waals surface area contributed by atoms with Crippen LogP contribution in [0, 0.1) is 11.6 Å². The lowest BCUT2D eigenvalue weighted by Crippen LogP contribution is -2.55. The maximum absolute atomic E-state index is 13.4. The summed E-state index contributed by atoms with van der Waals surface area (Å²) in [5.41, 5.74) is -1.21. The van der Waals surface area contributed by atoms with Gasteiger partial charge in [0.05, 0.1) is 25.9 Å². The van der Waals surface area contributed by atoms with E-state index in [2.05, 4.69) is 4.90 Å². The Morgan fingerprint density at radius 1 is 0.971 bits per heavy atom. The Kier molecular flexibility index (Phi) is 7.57. The maximum Gasteiger partial charge on any atom is 0.134 e. The minimum atomic E-state index is -1.38. The van der Waals surface area contributed by atoms with Crippen LogP contribution >= 0.6 is 0 Å². The molecular formula is C25H32F2N2O5. The van der Waals surface area contributed by atoms with E-state index in [9.17, 15) is 19.0 Å². The molecule has 7 nitrogen and oxygen atoms in total. The molecule has 186 valence electrons. The van der Waals surface area contributed by atoms with Gasteiger partial charge in [0.25, 0.3) is 0 Å². The molecule has 2 N–H and O–H groups in total.